The highest BCUT2D eigenvalue weighted by atomic mass is 32.1. The molecule has 0 fully saturated rings. The van der Waals surface area contributed by atoms with Crippen LogP contribution in [0.5, 0.6) is 0 Å². The maximum Gasteiger partial charge on any atom is 0.173 e. The minimum Gasteiger partial charge on any atom is -0.344 e. The lowest BCUT2D eigenvalue weighted by atomic mass is 10.2. The third-order valence-corrected chi connectivity index (χ3v) is 4.24. The Labute approximate surface area is 128 Å². The smallest absolute Gasteiger partial charge is 0.173 e. The van der Waals surface area contributed by atoms with Crippen molar-refractivity contribution in [2.75, 3.05) is 11.9 Å². The number of nitrogens with one attached hydrogen (secondary N) is 1. The molecule has 1 aromatic heterocycles. The summed E-state index contributed by atoms with van der Waals surface area (Å²) in [7, 11) is 0. The molecule has 0 aliphatic carbocycles. The molecule has 0 unspecified atom stereocenters. The molecule has 2 aromatic rings. The van der Waals surface area contributed by atoms with Crippen LogP contribution in [-0.4, -0.2) is 16.6 Å². The Kier molecular flexibility index (Phi) is 5.09. The second-order valence-corrected chi connectivity index (χ2v) is 5.91. The normalized spacial score (nSPS) is 10.3. The zero-order valence-electron chi connectivity index (χ0n) is 11.5. The van der Waals surface area contributed by atoms with Gasteiger partial charge in [0.2, 0.25) is 0 Å². The van der Waals surface area contributed by atoms with E-state index in [4.69, 9.17) is 12.2 Å². The summed E-state index contributed by atoms with van der Waals surface area (Å²) in [5, 5.41) is 5.76. The average Bonchev–Trinajstić information content (AvgIpc) is 2.93. The van der Waals surface area contributed by atoms with Gasteiger partial charge in [-0.25, -0.2) is 4.39 Å². The van der Waals surface area contributed by atoms with E-state index in [0.717, 1.165) is 13.1 Å². The molecule has 0 atom stereocenters. The van der Waals surface area contributed by atoms with Gasteiger partial charge in [-0.1, -0.05) is 12.1 Å². The lowest BCUT2D eigenvalue weighted by Gasteiger charge is -2.23. The van der Waals surface area contributed by atoms with Crippen molar-refractivity contribution in [3.63, 3.8) is 0 Å². The fourth-order valence-electron chi connectivity index (χ4n) is 1.79. The van der Waals surface area contributed by atoms with Crippen LogP contribution >= 0.6 is 23.6 Å². The topological polar surface area (TPSA) is 15.3 Å². The molecular formula is C15H17FN2S2. The summed E-state index contributed by atoms with van der Waals surface area (Å²) in [5.41, 5.74) is 1.31. The van der Waals surface area contributed by atoms with Gasteiger partial charge in [0.25, 0.3) is 0 Å². The van der Waals surface area contributed by atoms with Crippen molar-refractivity contribution in [3.8, 4) is 0 Å². The molecule has 0 radical (unpaired) electrons. The van der Waals surface area contributed by atoms with Crippen LogP contribution in [-0.2, 0) is 6.54 Å². The van der Waals surface area contributed by atoms with Gasteiger partial charge >= 0.3 is 0 Å². The van der Waals surface area contributed by atoms with Gasteiger partial charge in [-0.15, -0.1) is 11.3 Å². The molecular weight excluding hydrogens is 291 g/mol. The van der Waals surface area contributed by atoms with E-state index in [-0.39, 0.29) is 5.82 Å². The lowest BCUT2D eigenvalue weighted by Crippen LogP contribution is -2.33. The largest absolute Gasteiger partial charge is 0.344 e. The van der Waals surface area contributed by atoms with Crippen LogP contribution in [0.2, 0.25) is 0 Å². The van der Waals surface area contributed by atoms with Crippen LogP contribution in [0.4, 0.5) is 10.1 Å². The molecule has 2 nitrogen and oxygen atoms in total. The number of benzene rings is 1. The van der Waals surface area contributed by atoms with Crippen molar-refractivity contribution in [2.45, 2.75) is 20.4 Å². The maximum absolute atomic E-state index is 13.5. The van der Waals surface area contributed by atoms with E-state index in [1.807, 2.05) is 12.1 Å². The molecule has 2 rings (SSSR count). The Morgan fingerprint density at radius 2 is 2.20 bits per heavy atom. The molecule has 20 heavy (non-hydrogen) atoms. The zero-order valence-corrected chi connectivity index (χ0v) is 13.2. The van der Waals surface area contributed by atoms with Crippen LogP contribution in [0.25, 0.3) is 0 Å². The Morgan fingerprint density at radius 3 is 2.80 bits per heavy atom. The molecule has 0 saturated heterocycles. The summed E-state index contributed by atoms with van der Waals surface area (Å²) in [6.45, 7) is 5.37. The quantitative estimate of drug-likeness (QED) is 0.842. The average molecular weight is 308 g/mol. The molecule has 106 valence electrons. The monoisotopic (exact) mass is 308 g/mol. The Morgan fingerprint density at radius 1 is 1.40 bits per heavy atom. The Hall–Kier alpha value is -1.46. The number of hydrogen-bond acceptors (Lipinski definition) is 2. The van der Waals surface area contributed by atoms with Crippen LogP contribution in [0.3, 0.4) is 0 Å². The zero-order chi connectivity index (χ0) is 14.5. The van der Waals surface area contributed by atoms with Crippen molar-refractivity contribution in [2.24, 2.45) is 0 Å². The van der Waals surface area contributed by atoms with Gasteiger partial charge in [0, 0.05) is 17.1 Å². The molecule has 1 heterocycles. The van der Waals surface area contributed by atoms with Gasteiger partial charge in [0.05, 0.1) is 6.54 Å². The van der Waals surface area contributed by atoms with Crippen molar-refractivity contribution < 1.29 is 4.39 Å². The van der Waals surface area contributed by atoms with E-state index in [0.29, 0.717) is 16.4 Å². The fraction of sp³-hybridized carbons (Fsp3) is 0.267. The van der Waals surface area contributed by atoms with Gasteiger partial charge in [0.15, 0.2) is 5.11 Å². The third-order valence-electron chi connectivity index (χ3n) is 3.02. The number of thiocarbonyl (C=S) groups is 1. The lowest BCUT2D eigenvalue weighted by molar-refractivity contribution is 0.446. The van der Waals surface area contributed by atoms with Gasteiger partial charge in [-0.3, -0.25) is 0 Å². The van der Waals surface area contributed by atoms with Gasteiger partial charge in [0.1, 0.15) is 5.82 Å². The summed E-state index contributed by atoms with van der Waals surface area (Å²) >= 11 is 7.11. The summed E-state index contributed by atoms with van der Waals surface area (Å²) < 4.78 is 13.5. The van der Waals surface area contributed by atoms with Gasteiger partial charge in [-0.05, 0) is 55.2 Å². The van der Waals surface area contributed by atoms with Crippen LogP contribution < -0.4 is 5.32 Å². The predicted molar refractivity (Wildman–Crippen MR) is 87.8 cm³/mol. The Bertz CT molecular complexity index is 582. The second kappa shape index (κ2) is 6.81. The van der Waals surface area contributed by atoms with E-state index in [9.17, 15) is 4.39 Å². The summed E-state index contributed by atoms with van der Waals surface area (Å²) in [4.78, 5) is 3.31. The molecule has 0 bridgehead atoms. The molecule has 0 aliphatic heterocycles. The molecule has 0 aliphatic rings. The standard InChI is InChI=1S/C15H17FN2S2/c1-3-18(10-13-5-4-8-20-13)15(19)17-12-7-6-11(2)14(16)9-12/h4-9H,3,10H2,1-2H3,(H,17,19). The van der Waals surface area contributed by atoms with E-state index in [1.165, 1.54) is 10.9 Å². The first-order chi connectivity index (χ1) is 9.60. The minimum atomic E-state index is -0.223. The molecule has 0 saturated carbocycles. The molecule has 1 aromatic carbocycles. The molecule has 1 N–H and O–H groups in total. The SMILES string of the molecule is CCN(Cc1cccs1)C(=S)Nc1ccc(C)c(F)c1. The number of rotatable bonds is 4. The third kappa shape index (κ3) is 3.77. The number of anilines is 1. The fourth-order valence-corrected chi connectivity index (χ4v) is 2.82. The Balaban J connectivity index is 2.03. The van der Waals surface area contributed by atoms with Crippen molar-refractivity contribution >= 4 is 34.4 Å². The number of thiophene rings is 1. The van der Waals surface area contributed by atoms with Crippen LogP contribution in [0, 0.1) is 12.7 Å². The molecule has 5 heteroatoms. The van der Waals surface area contributed by atoms with E-state index < -0.39 is 0 Å². The highest BCUT2D eigenvalue weighted by Gasteiger charge is 2.10. The molecule has 0 spiro atoms. The summed E-state index contributed by atoms with van der Waals surface area (Å²) in [6.07, 6.45) is 0. The van der Waals surface area contributed by atoms with Gasteiger partial charge in [-0.2, -0.15) is 0 Å². The van der Waals surface area contributed by atoms with Crippen LogP contribution in [0.15, 0.2) is 35.7 Å². The number of aryl methyl sites for hydroxylation is 1. The predicted octanol–water partition coefficient (Wildman–Crippen LogP) is 4.41. The van der Waals surface area contributed by atoms with E-state index in [2.05, 4.69) is 28.6 Å². The van der Waals surface area contributed by atoms with Crippen LogP contribution in [0.1, 0.15) is 17.4 Å². The minimum absolute atomic E-state index is 0.223. The maximum atomic E-state index is 13.5. The van der Waals surface area contributed by atoms with Crippen molar-refractivity contribution in [1.29, 1.82) is 0 Å². The first-order valence-electron chi connectivity index (χ1n) is 6.44. The highest BCUT2D eigenvalue weighted by Crippen LogP contribution is 2.16. The first-order valence-corrected chi connectivity index (χ1v) is 7.73. The highest BCUT2D eigenvalue weighted by molar-refractivity contribution is 7.80. The van der Waals surface area contributed by atoms with Crippen molar-refractivity contribution in [3.05, 3.63) is 52.0 Å². The number of halogens is 1. The van der Waals surface area contributed by atoms with E-state index >= 15 is 0 Å². The number of hydrogen-bond donors (Lipinski definition) is 1. The summed E-state index contributed by atoms with van der Waals surface area (Å²) in [6, 6.07) is 9.17. The second-order valence-electron chi connectivity index (χ2n) is 4.49. The summed E-state index contributed by atoms with van der Waals surface area (Å²) in [5.74, 6) is -0.223. The molecule has 0 amide bonds. The number of nitrogens with zero attached hydrogens (tertiary/aromatic N) is 1. The first kappa shape index (κ1) is 14.9. The van der Waals surface area contributed by atoms with Gasteiger partial charge < -0.3 is 10.2 Å². The van der Waals surface area contributed by atoms with E-state index in [1.54, 1.807) is 24.3 Å². The van der Waals surface area contributed by atoms with Crippen molar-refractivity contribution in [1.82, 2.24) is 4.90 Å².